The molecule has 0 bridgehead atoms. The first-order valence-corrected chi connectivity index (χ1v) is 7.86. The third-order valence-corrected chi connectivity index (χ3v) is 3.24. The minimum absolute atomic E-state index is 0.210. The number of hydrogen-bond donors (Lipinski definition) is 1. The van der Waals surface area contributed by atoms with Crippen LogP contribution in [0.1, 0.15) is 24.5 Å². The van der Waals surface area contributed by atoms with Crippen LogP contribution in [0.2, 0.25) is 0 Å². The van der Waals surface area contributed by atoms with Crippen molar-refractivity contribution in [3.05, 3.63) is 59.7 Å². The normalized spacial score (nSPS) is 10.6. The summed E-state index contributed by atoms with van der Waals surface area (Å²) < 4.78 is 11.5. The molecule has 0 saturated heterocycles. The van der Waals surface area contributed by atoms with Crippen LogP contribution in [0.25, 0.3) is 0 Å². The zero-order valence-electron chi connectivity index (χ0n) is 14.0. The fourth-order valence-electron chi connectivity index (χ4n) is 2.05. The molecule has 5 nitrogen and oxygen atoms in total. The molecule has 0 spiro atoms. The van der Waals surface area contributed by atoms with Crippen molar-refractivity contribution in [2.24, 2.45) is 5.10 Å². The van der Waals surface area contributed by atoms with Gasteiger partial charge in [-0.3, -0.25) is 4.79 Å². The van der Waals surface area contributed by atoms with Gasteiger partial charge in [0.15, 0.2) is 0 Å². The quantitative estimate of drug-likeness (QED) is 0.460. The molecule has 2 aromatic carbocycles. The number of amides is 1. The average Bonchev–Trinajstić information content (AvgIpc) is 2.57. The third-order valence-electron chi connectivity index (χ3n) is 3.24. The zero-order chi connectivity index (χ0) is 17.2. The maximum Gasteiger partial charge on any atom is 0.236 e. The molecule has 0 unspecified atom stereocenters. The van der Waals surface area contributed by atoms with E-state index >= 15 is 0 Å². The number of para-hydroxylation sites is 2. The van der Waals surface area contributed by atoms with Gasteiger partial charge in [0, 0.05) is 18.9 Å². The van der Waals surface area contributed by atoms with Crippen molar-refractivity contribution in [3.63, 3.8) is 0 Å². The average molecular weight is 326 g/mol. The van der Waals surface area contributed by atoms with Crippen molar-refractivity contribution >= 4 is 12.1 Å². The number of benzene rings is 2. The maximum absolute atomic E-state index is 10.8. The molecule has 0 atom stereocenters. The van der Waals surface area contributed by atoms with Gasteiger partial charge in [0.05, 0.1) is 19.4 Å². The van der Waals surface area contributed by atoms with Gasteiger partial charge in [0.2, 0.25) is 5.91 Å². The number of hydrogen-bond acceptors (Lipinski definition) is 4. The molecular weight excluding hydrogens is 304 g/mol. The van der Waals surface area contributed by atoms with Crippen LogP contribution in [0, 0.1) is 6.92 Å². The first kappa shape index (κ1) is 17.5. The summed E-state index contributed by atoms with van der Waals surface area (Å²) in [6, 6.07) is 15.5. The molecule has 2 aromatic rings. The highest BCUT2D eigenvalue weighted by Gasteiger charge is 2.01. The highest BCUT2D eigenvalue weighted by molar-refractivity contribution is 5.84. The van der Waals surface area contributed by atoms with Crippen LogP contribution in [0.5, 0.6) is 11.5 Å². The molecule has 0 aliphatic carbocycles. The molecule has 0 aliphatic heterocycles. The van der Waals surface area contributed by atoms with Crippen LogP contribution in [-0.4, -0.2) is 25.3 Å². The van der Waals surface area contributed by atoms with E-state index in [1.807, 2.05) is 55.5 Å². The lowest BCUT2D eigenvalue weighted by Gasteiger charge is -2.11. The third kappa shape index (κ3) is 5.76. The van der Waals surface area contributed by atoms with E-state index in [0.29, 0.717) is 13.2 Å². The summed E-state index contributed by atoms with van der Waals surface area (Å²) in [5.41, 5.74) is 4.31. The van der Waals surface area contributed by atoms with Gasteiger partial charge in [-0.15, -0.1) is 0 Å². The molecule has 126 valence electrons. The van der Waals surface area contributed by atoms with Crippen LogP contribution in [-0.2, 0) is 4.79 Å². The fraction of sp³-hybridized carbons (Fsp3) is 0.263. The predicted octanol–water partition coefficient (Wildman–Crippen LogP) is 3.31. The summed E-state index contributed by atoms with van der Waals surface area (Å²) in [6.07, 6.45) is 2.34. The number of carbonyl (C=O) groups is 1. The summed E-state index contributed by atoms with van der Waals surface area (Å²) in [4.78, 5) is 10.8. The van der Waals surface area contributed by atoms with Crippen molar-refractivity contribution in [3.8, 4) is 11.5 Å². The van der Waals surface area contributed by atoms with Gasteiger partial charge in [0.25, 0.3) is 0 Å². The summed E-state index contributed by atoms with van der Waals surface area (Å²) in [5.74, 6) is 1.42. The molecule has 0 saturated carbocycles. The minimum Gasteiger partial charge on any atom is -0.493 e. The number of carbonyl (C=O) groups excluding carboxylic acids is 1. The second kappa shape index (κ2) is 9.35. The van der Waals surface area contributed by atoms with Crippen molar-refractivity contribution in [2.45, 2.75) is 20.3 Å². The largest absolute Gasteiger partial charge is 0.493 e. The second-order valence-corrected chi connectivity index (χ2v) is 5.28. The van der Waals surface area contributed by atoms with Crippen molar-refractivity contribution in [1.29, 1.82) is 0 Å². The molecule has 1 N–H and O–H groups in total. The molecule has 0 aliphatic rings. The van der Waals surface area contributed by atoms with E-state index < -0.39 is 0 Å². The number of nitrogens with one attached hydrogen (secondary N) is 1. The Hall–Kier alpha value is -2.82. The lowest BCUT2D eigenvalue weighted by Crippen LogP contribution is -2.12. The monoisotopic (exact) mass is 326 g/mol. The van der Waals surface area contributed by atoms with E-state index in [-0.39, 0.29) is 5.91 Å². The topological polar surface area (TPSA) is 59.9 Å². The van der Waals surface area contributed by atoms with Crippen LogP contribution in [0.15, 0.2) is 53.6 Å². The Morgan fingerprint density at radius 2 is 1.67 bits per heavy atom. The van der Waals surface area contributed by atoms with Gasteiger partial charge >= 0.3 is 0 Å². The number of hydrazone groups is 1. The smallest absolute Gasteiger partial charge is 0.236 e. The van der Waals surface area contributed by atoms with Crippen LogP contribution in [0.3, 0.4) is 0 Å². The lowest BCUT2D eigenvalue weighted by molar-refractivity contribution is -0.118. The SMILES string of the molecule is CC(=O)N/N=C\c1ccccc1OCCCOc1ccccc1C. The Labute approximate surface area is 142 Å². The van der Waals surface area contributed by atoms with Crippen molar-refractivity contribution in [2.75, 3.05) is 13.2 Å². The van der Waals surface area contributed by atoms with E-state index in [1.165, 1.54) is 6.92 Å². The molecule has 0 fully saturated rings. The summed E-state index contributed by atoms with van der Waals surface area (Å²) in [7, 11) is 0. The number of ether oxygens (including phenoxy) is 2. The standard InChI is InChI=1S/C19H22N2O3/c1-15-8-3-5-10-18(15)23-12-7-13-24-19-11-6-4-9-17(19)14-20-21-16(2)22/h3-6,8-11,14H,7,12-13H2,1-2H3,(H,21,22)/b20-14-. The minimum atomic E-state index is -0.210. The molecule has 2 rings (SSSR count). The Kier molecular flexibility index (Phi) is 6.83. The van der Waals surface area contributed by atoms with Gasteiger partial charge in [0.1, 0.15) is 11.5 Å². The number of rotatable bonds is 8. The van der Waals surface area contributed by atoms with Gasteiger partial charge < -0.3 is 9.47 Å². The Bertz CT molecular complexity index is 699. The zero-order valence-corrected chi connectivity index (χ0v) is 14.0. The van der Waals surface area contributed by atoms with Gasteiger partial charge in [-0.1, -0.05) is 30.3 Å². The molecule has 1 amide bonds. The predicted molar refractivity (Wildman–Crippen MR) is 94.6 cm³/mol. The second-order valence-electron chi connectivity index (χ2n) is 5.28. The highest BCUT2D eigenvalue weighted by Crippen LogP contribution is 2.17. The first-order valence-electron chi connectivity index (χ1n) is 7.86. The highest BCUT2D eigenvalue weighted by atomic mass is 16.5. The molecular formula is C19H22N2O3. The Morgan fingerprint density at radius 3 is 2.38 bits per heavy atom. The molecule has 0 heterocycles. The lowest BCUT2D eigenvalue weighted by atomic mass is 10.2. The van der Waals surface area contributed by atoms with E-state index in [1.54, 1.807) is 6.21 Å². The van der Waals surface area contributed by atoms with Crippen LogP contribution in [0.4, 0.5) is 0 Å². The van der Waals surface area contributed by atoms with E-state index in [0.717, 1.165) is 29.0 Å². The van der Waals surface area contributed by atoms with E-state index in [9.17, 15) is 4.79 Å². The van der Waals surface area contributed by atoms with Crippen molar-refractivity contribution in [1.82, 2.24) is 5.43 Å². The summed E-state index contributed by atoms with van der Waals surface area (Å²) in [6.45, 7) is 4.56. The van der Waals surface area contributed by atoms with Gasteiger partial charge in [-0.25, -0.2) is 5.43 Å². The molecule has 24 heavy (non-hydrogen) atoms. The summed E-state index contributed by atoms with van der Waals surface area (Å²) >= 11 is 0. The molecule has 5 heteroatoms. The maximum atomic E-state index is 10.8. The Morgan fingerprint density at radius 1 is 1.04 bits per heavy atom. The first-order chi connectivity index (χ1) is 11.7. The van der Waals surface area contributed by atoms with E-state index in [4.69, 9.17) is 9.47 Å². The summed E-state index contributed by atoms with van der Waals surface area (Å²) in [5, 5.41) is 3.87. The van der Waals surface area contributed by atoms with Crippen LogP contribution < -0.4 is 14.9 Å². The van der Waals surface area contributed by atoms with Gasteiger partial charge in [-0.2, -0.15) is 5.10 Å². The molecule has 0 radical (unpaired) electrons. The molecule has 0 aromatic heterocycles. The number of nitrogens with zero attached hydrogens (tertiary/aromatic N) is 1. The number of aryl methyl sites for hydroxylation is 1. The van der Waals surface area contributed by atoms with Gasteiger partial charge in [-0.05, 0) is 30.7 Å². The van der Waals surface area contributed by atoms with Crippen LogP contribution >= 0.6 is 0 Å². The fourth-order valence-corrected chi connectivity index (χ4v) is 2.05. The Balaban J connectivity index is 1.79. The van der Waals surface area contributed by atoms with E-state index in [2.05, 4.69) is 10.5 Å². The van der Waals surface area contributed by atoms with Crippen molar-refractivity contribution < 1.29 is 14.3 Å².